The molecule has 35 heavy (non-hydrogen) atoms. The van der Waals surface area contributed by atoms with Crippen molar-refractivity contribution in [3.63, 3.8) is 0 Å². The maximum absolute atomic E-state index is 11.8. The molecule has 0 bridgehead atoms. The van der Waals surface area contributed by atoms with Crippen molar-refractivity contribution in [1.29, 1.82) is 0 Å². The van der Waals surface area contributed by atoms with Crippen LogP contribution in [0.15, 0.2) is 89.5 Å². The molecule has 0 saturated carbocycles. The Labute approximate surface area is 208 Å². The van der Waals surface area contributed by atoms with Gasteiger partial charge >= 0.3 is 5.97 Å². The number of nitrogens with zero attached hydrogens (tertiary/aromatic N) is 2. The van der Waals surface area contributed by atoms with E-state index in [1.807, 2.05) is 71.6 Å². The molecular formula is C27H23N3O4S. The van der Waals surface area contributed by atoms with Crippen molar-refractivity contribution in [3.8, 4) is 17.1 Å². The molecule has 5 rings (SSSR count). The second-order valence-corrected chi connectivity index (χ2v) is 8.35. The topological polar surface area (TPSA) is 76.8 Å². The van der Waals surface area contributed by atoms with Crippen LogP contribution in [-0.2, 0) is 4.74 Å². The molecule has 0 aliphatic carbocycles. The zero-order chi connectivity index (χ0) is 24.4. The van der Waals surface area contributed by atoms with E-state index in [0.717, 1.165) is 28.5 Å². The molecule has 3 heterocycles. The summed E-state index contributed by atoms with van der Waals surface area (Å²) in [5.74, 6) is 1.80. The molecule has 1 aliphatic heterocycles. The summed E-state index contributed by atoms with van der Waals surface area (Å²) in [6.07, 6.45) is 1.77. The van der Waals surface area contributed by atoms with Crippen LogP contribution in [-0.4, -0.2) is 30.3 Å². The summed E-state index contributed by atoms with van der Waals surface area (Å²) < 4.78 is 16.5. The number of thiocarbonyl (C=S) groups is 1. The third-order valence-corrected chi connectivity index (χ3v) is 6.27. The molecule has 2 aromatic carbocycles. The number of hydrogen-bond donors (Lipinski definition) is 1. The molecule has 1 fully saturated rings. The van der Waals surface area contributed by atoms with E-state index in [0.29, 0.717) is 16.4 Å². The number of benzene rings is 2. The molecule has 0 radical (unpaired) electrons. The highest BCUT2D eigenvalue weighted by atomic mass is 32.1. The molecule has 7 nitrogen and oxygen atoms in total. The van der Waals surface area contributed by atoms with Gasteiger partial charge in [-0.1, -0.05) is 18.2 Å². The molecule has 1 aliphatic rings. The fourth-order valence-electron chi connectivity index (χ4n) is 4.22. The number of methoxy groups -OCH3 is 2. The Morgan fingerprint density at radius 3 is 2.43 bits per heavy atom. The summed E-state index contributed by atoms with van der Waals surface area (Å²) in [6, 6.07) is 24.1. The maximum atomic E-state index is 11.8. The molecule has 0 amide bonds. The van der Waals surface area contributed by atoms with Crippen molar-refractivity contribution < 1.29 is 18.7 Å². The van der Waals surface area contributed by atoms with Crippen LogP contribution in [0.25, 0.3) is 11.3 Å². The number of ether oxygens (including phenoxy) is 2. The van der Waals surface area contributed by atoms with Crippen LogP contribution in [0, 0.1) is 0 Å². The fraction of sp³-hybridized carbons (Fsp3) is 0.148. The van der Waals surface area contributed by atoms with Crippen molar-refractivity contribution in [2.24, 2.45) is 0 Å². The molecule has 176 valence electrons. The lowest BCUT2D eigenvalue weighted by Gasteiger charge is -2.26. The first-order valence-corrected chi connectivity index (χ1v) is 11.4. The van der Waals surface area contributed by atoms with Gasteiger partial charge in [0, 0.05) is 17.4 Å². The molecule has 8 heteroatoms. The van der Waals surface area contributed by atoms with E-state index in [2.05, 4.69) is 10.3 Å². The second-order valence-electron chi connectivity index (χ2n) is 7.97. The van der Waals surface area contributed by atoms with Gasteiger partial charge in [-0.2, -0.15) is 0 Å². The fourth-order valence-corrected chi connectivity index (χ4v) is 4.57. The molecule has 4 aromatic rings. The average molecular weight is 486 g/mol. The SMILES string of the molecule is COC(=O)c1ccc(-c2ccc(C3C(c4ccccn4)NC(=S)N3c3ccc(OC)cc3)o2)cc1. The number of pyridine rings is 1. The smallest absolute Gasteiger partial charge is 0.337 e. The Morgan fingerprint density at radius 2 is 1.77 bits per heavy atom. The van der Waals surface area contributed by atoms with Crippen LogP contribution in [0.2, 0.25) is 0 Å². The normalized spacial score (nSPS) is 17.2. The predicted octanol–water partition coefficient (Wildman–Crippen LogP) is 5.31. The van der Waals surface area contributed by atoms with Gasteiger partial charge in [-0.05, 0) is 72.9 Å². The van der Waals surface area contributed by atoms with E-state index in [-0.39, 0.29) is 18.1 Å². The van der Waals surface area contributed by atoms with E-state index < -0.39 is 0 Å². The van der Waals surface area contributed by atoms with Gasteiger partial charge in [0.2, 0.25) is 0 Å². The standard InChI is InChI=1S/C27H23N3O4S/c1-32-20-12-10-19(11-13-20)30-25(24(29-27(30)35)21-5-3-4-16-28-21)23-15-14-22(34-23)17-6-8-18(9-7-17)26(31)33-2/h3-16,24-25H,1-2H3,(H,29,35). The van der Waals surface area contributed by atoms with Gasteiger partial charge in [0.25, 0.3) is 0 Å². The van der Waals surface area contributed by atoms with Gasteiger partial charge in [-0.25, -0.2) is 4.79 Å². The molecule has 1 saturated heterocycles. The van der Waals surface area contributed by atoms with Crippen LogP contribution in [0.5, 0.6) is 5.75 Å². The highest BCUT2D eigenvalue weighted by Gasteiger charge is 2.42. The molecule has 0 spiro atoms. The Kier molecular flexibility index (Phi) is 6.20. The van der Waals surface area contributed by atoms with Gasteiger partial charge in [0.05, 0.1) is 31.5 Å². The number of carbonyl (C=O) groups is 1. The Bertz CT molecular complexity index is 1340. The summed E-state index contributed by atoms with van der Waals surface area (Å²) in [7, 11) is 3.00. The molecule has 2 unspecified atom stereocenters. The summed E-state index contributed by atoms with van der Waals surface area (Å²) in [5, 5.41) is 4.00. The minimum absolute atomic E-state index is 0.216. The summed E-state index contributed by atoms with van der Waals surface area (Å²) in [5.41, 5.74) is 3.10. The molecule has 2 aromatic heterocycles. The number of hydrogen-bond acceptors (Lipinski definition) is 6. The van der Waals surface area contributed by atoms with E-state index in [1.54, 1.807) is 25.4 Å². The zero-order valence-corrected chi connectivity index (χ0v) is 20.0. The van der Waals surface area contributed by atoms with Crippen molar-refractivity contribution in [1.82, 2.24) is 10.3 Å². The number of aromatic nitrogens is 1. The number of esters is 1. The second kappa shape index (κ2) is 9.60. The van der Waals surface area contributed by atoms with Crippen molar-refractivity contribution in [3.05, 3.63) is 102 Å². The summed E-state index contributed by atoms with van der Waals surface area (Å²) in [6.45, 7) is 0. The van der Waals surface area contributed by atoms with Crippen molar-refractivity contribution >= 4 is 29.0 Å². The lowest BCUT2D eigenvalue weighted by molar-refractivity contribution is 0.0600. The first-order chi connectivity index (χ1) is 17.1. The van der Waals surface area contributed by atoms with Gasteiger partial charge < -0.3 is 24.1 Å². The molecule has 1 N–H and O–H groups in total. The largest absolute Gasteiger partial charge is 0.497 e. The summed E-state index contributed by atoms with van der Waals surface area (Å²) in [4.78, 5) is 18.4. The minimum Gasteiger partial charge on any atom is -0.497 e. The first kappa shape index (κ1) is 22.6. The highest BCUT2D eigenvalue weighted by molar-refractivity contribution is 7.80. The number of carbonyl (C=O) groups excluding carboxylic acids is 1. The highest BCUT2D eigenvalue weighted by Crippen LogP contribution is 2.43. The van der Waals surface area contributed by atoms with Crippen molar-refractivity contribution in [2.75, 3.05) is 19.1 Å². The Hall–Kier alpha value is -4.17. The van der Waals surface area contributed by atoms with Gasteiger partial charge in [-0.15, -0.1) is 0 Å². The quantitative estimate of drug-likeness (QED) is 0.291. The Morgan fingerprint density at radius 1 is 1.00 bits per heavy atom. The summed E-state index contributed by atoms with van der Waals surface area (Å²) >= 11 is 5.76. The lowest BCUT2D eigenvalue weighted by Crippen LogP contribution is -2.29. The minimum atomic E-state index is -0.379. The van der Waals surface area contributed by atoms with E-state index in [9.17, 15) is 4.79 Å². The van der Waals surface area contributed by atoms with Gasteiger partial charge in [0.15, 0.2) is 5.11 Å². The van der Waals surface area contributed by atoms with Crippen molar-refractivity contribution in [2.45, 2.75) is 12.1 Å². The zero-order valence-electron chi connectivity index (χ0n) is 19.2. The average Bonchev–Trinajstić information content (AvgIpc) is 3.53. The van der Waals surface area contributed by atoms with E-state index in [4.69, 9.17) is 26.1 Å². The van der Waals surface area contributed by atoms with Gasteiger partial charge in [0.1, 0.15) is 23.3 Å². The van der Waals surface area contributed by atoms with Crippen LogP contribution in [0.3, 0.4) is 0 Å². The number of anilines is 1. The van der Waals surface area contributed by atoms with Crippen LogP contribution in [0.4, 0.5) is 5.69 Å². The van der Waals surface area contributed by atoms with E-state index in [1.165, 1.54) is 7.11 Å². The van der Waals surface area contributed by atoms with Crippen LogP contribution in [0.1, 0.15) is 33.9 Å². The monoisotopic (exact) mass is 485 g/mol. The van der Waals surface area contributed by atoms with Crippen LogP contribution >= 0.6 is 12.2 Å². The third-order valence-electron chi connectivity index (χ3n) is 5.96. The molecular weight excluding hydrogens is 462 g/mol. The molecule has 2 atom stereocenters. The lowest BCUT2D eigenvalue weighted by atomic mass is 10.0. The number of rotatable bonds is 6. The maximum Gasteiger partial charge on any atom is 0.337 e. The predicted molar refractivity (Wildman–Crippen MR) is 136 cm³/mol. The van der Waals surface area contributed by atoms with Gasteiger partial charge in [-0.3, -0.25) is 4.98 Å². The third kappa shape index (κ3) is 4.36. The number of nitrogens with one attached hydrogen (secondary N) is 1. The number of furan rings is 1. The van der Waals surface area contributed by atoms with E-state index >= 15 is 0 Å². The Balaban J connectivity index is 1.53. The first-order valence-electron chi connectivity index (χ1n) is 11.0. The van der Waals surface area contributed by atoms with Crippen LogP contribution < -0.4 is 15.0 Å².